The van der Waals surface area contributed by atoms with Gasteiger partial charge in [-0.25, -0.2) is 4.98 Å². The lowest BCUT2D eigenvalue weighted by molar-refractivity contribution is 0.373. The molecule has 30 heavy (non-hydrogen) atoms. The fourth-order valence-electron chi connectivity index (χ4n) is 4.10. The lowest BCUT2D eigenvalue weighted by Crippen LogP contribution is -2.52. The Labute approximate surface area is 201 Å². The van der Waals surface area contributed by atoms with Gasteiger partial charge in [0.15, 0.2) is 11.1 Å². The number of benzene rings is 1. The van der Waals surface area contributed by atoms with Crippen LogP contribution in [0.25, 0.3) is 0 Å². The summed E-state index contributed by atoms with van der Waals surface area (Å²) in [7, 11) is 1.88. The topological polar surface area (TPSA) is 47.0 Å². The van der Waals surface area contributed by atoms with Crippen molar-refractivity contribution >= 4 is 52.1 Å². The summed E-state index contributed by atoms with van der Waals surface area (Å²) in [4.78, 5) is 16.6. The maximum Gasteiger partial charge on any atom is 0.193 e. The van der Waals surface area contributed by atoms with E-state index < -0.39 is 0 Å². The summed E-state index contributed by atoms with van der Waals surface area (Å²) in [5, 5.41) is 6.93. The average molecular weight is 541 g/mol. The van der Waals surface area contributed by atoms with Crippen LogP contribution < -0.4 is 15.1 Å². The molecule has 2 fully saturated rings. The molecule has 1 aromatic carbocycles. The van der Waals surface area contributed by atoms with Crippen LogP contribution in [0, 0.1) is 6.92 Å². The van der Waals surface area contributed by atoms with Crippen molar-refractivity contribution in [2.75, 3.05) is 62.7 Å². The zero-order valence-electron chi connectivity index (χ0n) is 18.0. The van der Waals surface area contributed by atoms with Crippen LogP contribution >= 0.6 is 35.3 Å². The van der Waals surface area contributed by atoms with Crippen LogP contribution in [0.5, 0.6) is 0 Å². The lowest BCUT2D eigenvalue weighted by atomic mass is 10.2. The van der Waals surface area contributed by atoms with Gasteiger partial charge in [-0.3, -0.25) is 4.99 Å². The third-order valence-electron chi connectivity index (χ3n) is 5.74. The molecule has 2 aliphatic heterocycles. The van der Waals surface area contributed by atoms with Gasteiger partial charge < -0.3 is 20.0 Å². The number of nitrogens with one attached hydrogen (secondary N) is 1. The fourth-order valence-corrected chi connectivity index (χ4v) is 5.01. The number of rotatable bonds is 5. The second-order valence-electron chi connectivity index (χ2n) is 7.85. The number of hydrogen-bond donors (Lipinski definition) is 1. The average Bonchev–Trinajstić information content (AvgIpc) is 3.43. The molecule has 0 radical (unpaired) electrons. The molecule has 2 aromatic rings. The van der Waals surface area contributed by atoms with Gasteiger partial charge in [0, 0.05) is 70.3 Å². The molecule has 0 saturated carbocycles. The van der Waals surface area contributed by atoms with Crippen LogP contribution in [0.3, 0.4) is 0 Å². The highest BCUT2D eigenvalue weighted by atomic mass is 127. The van der Waals surface area contributed by atoms with E-state index in [-0.39, 0.29) is 24.0 Å². The van der Waals surface area contributed by atoms with Crippen LogP contribution in [0.2, 0.25) is 0 Å². The van der Waals surface area contributed by atoms with Crippen molar-refractivity contribution in [3.63, 3.8) is 0 Å². The highest BCUT2D eigenvalue weighted by Crippen LogP contribution is 2.24. The Morgan fingerprint density at radius 1 is 1.10 bits per heavy atom. The molecule has 0 bridgehead atoms. The van der Waals surface area contributed by atoms with Gasteiger partial charge in [0.05, 0.1) is 5.69 Å². The number of aryl methyl sites for hydroxylation is 1. The predicted octanol–water partition coefficient (Wildman–Crippen LogP) is 3.61. The fraction of sp³-hybridized carbons (Fsp3) is 0.545. The van der Waals surface area contributed by atoms with E-state index in [1.54, 1.807) is 11.3 Å². The van der Waals surface area contributed by atoms with E-state index >= 15 is 0 Å². The molecule has 6 nitrogen and oxygen atoms in total. The first-order valence-electron chi connectivity index (χ1n) is 10.7. The second kappa shape index (κ2) is 11.2. The van der Waals surface area contributed by atoms with Gasteiger partial charge in [-0.1, -0.05) is 12.1 Å². The van der Waals surface area contributed by atoms with E-state index in [2.05, 4.69) is 61.6 Å². The summed E-state index contributed by atoms with van der Waals surface area (Å²) in [6.07, 6.45) is 3.53. The van der Waals surface area contributed by atoms with Gasteiger partial charge in [-0.05, 0) is 37.5 Å². The SMILES string of the molecule is CN=C(NCCc1csc(N2CCCC2)n1)N1CCN(c2cccc(C)c2)CC1.I. The van der Waals surface area contributed by atoms with Gasteiger partial charge >= 0.3 is 0 Å². The van der Waals surface area contributed by atoms with Crippen molar-refractivity contribution < 1.29 is 0 Å². The van der Waals surface area contributed by atoms with Crippen molar-refractivity contribution in [2.45, 2.75) is 26.2 Å². The van der Waals surface area contributed by atoms with E-state index in [1.807, 2.05) is 7.05 Å². The second-order valence-corrected chi connectivity index (χ2v) is 8.69. The summed E-state index contributed by atoms with van der Waals surface area (Å²) in [5.41, 5.74) is 3.83. The van der Waals surface area contributed by atoms with E-state index in [9.17, 15) is 0 Å². The highest BCUT2D eigenvalue weighted by Gasteiger charge is 2.20. The molecule has 1 N–H and O–H groups in total. The van der Waals surface area contributed by atoms with Crippen LogP contribution in [0.4, 0.5) is 10.8 Å². The van der Waals surface area contributed by atoms with Crippen molar-refractivity contribution in [1.29, 1.82) is 0 Å². The highest BCUT2D eigenvalue weighted by molar-refractivity contribution is 14.0. The van der Waals surface area contributed by atoms with Crippen LogP contribution in [-0.4, -0.2) is 68.7 Å². The maximum atomic E-state index is 4.82. The monoisotopic (exact) mass is 540 g/mol. The van der Waals surface area contributed by atoms with Crippen LogP contribution in [0.15, 0.2) is 34.6 Å². The summed E-state index contributed by atoms with van der Waals surface area (Å²) in [5.74, 6) is 1.00. The smallest absolute Gasteiger partial charge is 0.193 e. The normalized spacial score (nSPS) is 17.3. The Morgan fingerprint density at radius 2 is 1.87 bits per heavy atom. The van der Waals surface area contributed by atoms with Crippen LogP contribution in [0.1, 0.15) is 24.1 Å². The molecular weight excluding hydrogens is 507 g/mol. The van der Waals surface area contributed by atoms with E-state index in [0.717, 1.165) is 58.2 Å². The van der Waals surface area contributed by atoms with Gasteiger partial charge in [0.25, 0.3) is 0 Å². The number of halogens is 1. The molecule has 0 aliphatic carbocycles. The Morgan fingerprint density at radius 3 is 2.57 bits per heavy atom. The Kier molecular flexibility index (Phi) is 8.61. The molecule has 8 heteroatoms. The number of aliphatic imine (C=N–C) groups is 1. The number of thiazole rings is 1. The number of piperazine rings is 1. The van der Waals surface area contributed by atoms with Gasteiger partial charge in [-0.15, -0.1) is 35.3 Å². The minimum atomic E-state index is 0. The minimum absolute atomic E-state index is 0. The van der Waals surface area contributed by atoms with E-state index in [0.29, 0.717) is 0 Å². The summed E-state index contributed by atoms with van der Waals surface area (Å²) < 4.78 is 0. The Hall–Kier alpha value is -1.55. The molecular formula is C22H33IN6S. The van der Waals surface area contributed by atoms with E-state index in [1.165, 1.54) is 34.9 Å². The number of hydrogen-bond acceptors (Lipinski definition) is 5. The summed E-state index contributed by atoms with van der Waals surface area (Å²) in [6, 6.07) is 8.78. The zero-order valence-corrected chi connectivity index (χ0v) is 21.2. The van der Waals surface area contributed by atoms with Gasteiger partial charge in [0.1, 0.15) is 0 Å². The molecule has 2 aliphatic rings. The molecule has 0 unspecified atom stereocenters. The third kappa shape index (κ3) is 5.78. The summed E-state index contributed by atoms with van der Waals surface area (Å²) in [6.45, 7) is 9.37. The molecule has 4 rings (SSSR count). The first-order chi connectivity index (χ1) is 14.2. The largest absolute Gasteiger partial charge is 0.368 e. The molecule has 3 heterocycles. The number of nitrogens with zero attached hydrogens (tertiary/aromatic N) is 5. The minimum Gasteiger partial charge on any atom is -0.368 e. The Bertz CT molecular complexity index is 825. The first kappa shape index (κ1) is 23.1. The molecule has 0 spiro atoms. The molecule has 0 atom stereocenters. The van der Waals surface area contributed by atoms with Gasteiger partial charge in [-0.2, -0.15) is 0 Å². The zero-order chi connectivity index (χ0) is 20.1. The Balaban J connectivity index is 0.00000256. The molecule has 2 saturated heterocycles. The lowest BCUT2D eigenvalue weighted by Gasteiger charge is -2.37. The van der Waals surface area contributed by atoms with Crippen molar-refractivity contribution in [1.82, 2.24) is 15.2 Å². The molecule has 1 aromatic heterocycles. The number of aromatic nitrogens is 1. The van der Waals surface area contributed by atoms with Crippen molar-refractivity contribution in [3.05, 3.63) is 40.9 Å². The van der Waals surface area contributed by atoms with E-state index in [4.69, 9.17) is 4.98 Å². The predicted molar refractivity (Wildman–Crippen MR) is 139 cm³/mol. The quantitative estimate of drug-likeness (QED) is 0.357. The summed E-state index contributed by atoms with van der Waals surface area (Å²) >= 11 is 1.78. The van der Waals surface area contributed by atoms with Gasteiger partial charge in [0.2, 0.25) is 0 Å². The third-order valence-corrected chi connectivity index (χ3v) is 6.69. The number of anilines is 2. The van der Waals surface area contributed by atoms with Crippen molar-refractivity contribution in [3.8, 4) is 0 Å². The van der Waals surface area contributed by atoms with Crippen molar-refractivity contribution in [2.24, 2.45) is 4.99 Å². The number of guanidine groups is 1. The van der Waals surface area contributed by atoms with Crippen LogP contribution in [-0.2, 0) is 6.42 Å². The maximum absolute atomic E-state index is 4.82. The molecule has 164 valence electrons. The first-order valence-corrected chi connectivity index (χ1v) is 11.6. The molecule has 0 amide bonds. The standard InChI is InChI=1S/C22H32N6S.HI/c1-18-6-5-7-20(16-18)26-12-14-27(15-13-26)21(23-2)24-9-8-19-17-29-22(25-19)28-10-3-4-11-28;/h5-7,16-17H,3-4,8-15H2,1-2H3,(H,23,24);1H.